The topological polar surface area (TPSA) is 120 Å². The number of carbonyl (C=O) groups excluding carboxylic acids is 2. The van der Waals surface area contributed by atoms with Gasteiger partial charge in [0.05, 0.1) is 4.90 Å². The van der Waals surface area contributed by atoms with E-state index in [1.807, 2.05) is 0 Å². The Morgan fingerprint density at radius 2 is 1.62 bits per heavy atom. The summed E-state index contributed by atoms with van der Waals surface area (Å²) in [4.78, 5) is 25.2. The third-order valence-electron chi connectivity index (χ3n) is 4.73. The number of esters is 1. The number of hydrogen-bond donors (Lipinski definition) is 2. The molecule has 10 heteroatoms. The lowest BCUT2D eigenvalue weighted by Gasteiger charge is -2.23. The zero-order chi connectivity index (χ0) is 23.3. The lowest BCUT2D eigenvalue weighted by molar-refractivity contribution is -0.155. The predicted octanol–water partition coefficient (Wildman–Crippen LogP) is 2.33. The normalized spacial score (nSPS) is 15.0. The number of hydrogen-bond acceptors (Lipinski definition) is 7. The molecule has 0 saturated heterocycles. The average molecular weight is 463 g/mol. The Morgan fingerprint density at radius 3 is 2.28 bits per heavy atom. The van der Waals surface area contributed by atoms with E-state index >= 15 is 0 Å². The van der Waals surface area contributed by atoms with Crippen molar-refractivity contribution in [1.82, 2.24) is 4.72 Å². The molecule has 2 N–H and O–H groups in total. The Kier molecular flexibility index (Phi) is 7.37. The Labute approximate surface area is 187 Å². The second kappa shape index (κ2) is 10.0. The Morgan fingerprint density at radius 1 is 0.969 bits per heavy atom. The number of fused-ring (bicyclic) bond motifs is 1. The highest BCUT2D eigenvalue weighted by atomic mass is 32.2. The molecule has 0 aliphatic carbocycles. The van der Waals surface area contributed by atoms with Gasteiger partial charge in [0.25, 0.3) is 5.91 Å². The highest BCUT2D eigenvalue weighted by Gasteiger charge is 2.32. The van der Waals surface area contributed by atoms with Crippen molar-refractivity contribution < 1.29 is 32.2 Å². The molecule has 0 unspecified atom stereocenters. The summed E-state index contributed by atoms with van der Waals surface area (Å²) >= 11 is 0. The fourth-order valence-corrected chi connectivity index (χ4v) is 4.31. The molecule has 2 aromatic carbocycles. The van der Waals surface area contributed by atoms with Crippen molar-refractivity contribution in [2.75, 3.05) is 18.5 Å². The summed E-state index contributed by atoms with van der Waals surface area (Å²) in [5.41, 5.74) is 0.451. The first-order valence-electron chi connectivity index (χ1n) is 10.2. The number of benzene rings is 2. The van der Waals surface area contributed by atoms with E-state index in [4.69, 9.17) is 14.2 Å². The van der Waals surface area contributed by atoms with Crippen LogP contribution < -0.4 is 19.5 Å². The third kappa shape index (κ3) is 5.77. The molecule has 0 aromatic heterocycles. The molecular formula is C22H26N2O7S. The first-order chi connectivity index (χ1) is 15.2. The first-order valence-corrected chi connectivity index (χ1v) is 11.6. The molecule has 0 spiro atoms. The lowest BCUT2D eigenvalue weighted by Crippen LogP contribution is -2.47. The van der Waals surface area contributed by atoms with Crippen molar-refractivity contribution >= 4 is 27.6 Å². The van der Waals surface area contributed by atoms with Crippen LogP contribution in [-0.2, 0) is 24.3 Å². The van der Waals surface area contributed by atoms with Crippen LogP contribution in [0.15, 0.2) is 53.4 Å². The van der Waals surface area contributed by atoms with Gasteiger partial charge in [0.15, 0.2) is 17.6 Å². The zero-order valence-electron chi connectivity index (χ0n) is 18.0. The number of ether oxygens (including phenoxy) is 3. The maximum absolute atomic E-state index is 12.7. The van der Waals surface area contributed by atoms with Crippen LogP contribution in [0.5, 0.6) is 11.5 Å². The number of nitrogens with one attached hydrogen (secondary N) is 2. The quantitative estimate of drug-likeness (QED) is 0.578. The van der Waals surface area contributed by atoms with Gasteiger partial charge < -0.3 is 19.5 Å². The minimum absolute atomic E-state index is 0.0304. The molecule has 3 rings (SSSR count). The standard InChI is InChI=1S/C22H26N2O7S/c1-14(2)20(24-32(27,28)17-7-5-4-6-8-17)22(26)31-15(3)21(25)23-16-9-10-18-19(13-16)30-12-11-29-18/h4-10,13-15,20,24H,11-12H2,1-3H3,(H,23,25)/t15-,20-/m1/s1. The molecule has 2 aromatic rings. The van der Waals surface area contributed by atoms with Crippen molar-refractivity contribution in [2.24, 2.45) is 5.92 Å². The summed E-state index contributed by atoms with van der Waals surface area (Å²) in [6.07, 6.45) is -1.15. The minimum atomic E-state index is -3.94. The Hall–Kier alpha value is -3.11. The second-order valence-corrected chi connectivity index (χ2v) is 9.30. The summed E-state index contributed by atoms with van der Waals surface area (Å²) in [5.74, 6) is -0.727. The second-order valence-electron chi connectivity index (χ2n) is 7.58. The van der Waals surface area contributed by atoms with E-state index in [0.717, 1.165) is 0 Å². The lowest BCUT2D eigenvalue weighted by atomic mass is 10.1. The van der Waals surface area contributed by atoms with Crippen molar-refractivity contribution in [1.29, 1.82) is 0 Å². The highest BCUT2D eigenvalue weighted by molar-refractivity contribution is 7.89. The van der Waals surface area contributed by atoms with Crippen LogP contribution in [-0.4, -0.2) is 45.7 Å². The average Bonchev–Trinajstić information content (AvgIpc) is 2.77. The maximum atomic E-state index is 12.7. The van der Waals surface area contributed by atoms with Crippen LogP contribution in [0.2, 0.25) is 0 Å². The van der Waals surface area contributed by atoms with Crippen molar-refractivity contribution in [3.63, 3.8) is 0 Å². The zero-order valence-corrected chi connectivity index (χ0v) is 18.8. The third-order valence-corrected chi connectivity index (χ3v) is 6.19. The van der Waals surface area contributed by atoms with E-state index in [9.17, 15) is 18.0 Å². The molecule has 0 fully saturated rings. The minimum Gasteiger partial charge on any atom is -0.486 e. The number of anilines is 1. The van der Waals surface area contributed by atoms with Gasteiger partial charge in [0.2, 0.25) is 10.0 Å². The van der Waals surface area contributed by atoms with Crippen LogP contribution in [0, 0.1) is 5.92 Å². The van der Waals surface area contributed by atoms with Gasteiger partial charge in [-0.25, -0.2) is 8.42 Å². The summed E-state index contributed by atoms with van der Waals surface area (Å²) < 4.78 is 43.8. The van der Waals surface area contributed by atoms with E-state index in [1.165, 1.54) is 19.1 Å². The molecule has 1 amide bonds. The Bertz CT molecular complexity index is 1070. The number of amides is 1. The molecule has 1 aliphatic heterocycles. The molecule has 9 nitrogen and oxygen atoms in total. The monoisotopic (exact) mass is 462 g/mol. The summed E-state index contributed by atoms with van der Waals surface area (Å²) in [5, 5.41) is 2.65. The molecule has 32 heavy (non-hydrogen) atoms. The molecule has 172 valence electrons. The molecular weight excluding hydrogens is 436 g/mol. The van der Waals surface area contributed by atoms with Gasteiger partial charge in [-0.1, -0.05) is 32.0 Å². The number of carbonyl (C=O) groups is 2. The van der Waals surface area contributed by atoms with Gasteiger partial charge in [0, 0.05) is 11.8 Å². The van der Waals surface area contributed by atoms with Gasteiger partial charge in [0.1, 0.15) is 19.3 Å². The smallest absolute Gasteiger partial charge is 0.325 e. The van der Waals surface area contributed by atoms with E-state index in [2.05, 4.69) is 10.0 Å². The molecule has 1 aliphatic rings. The van der Waals surface area contributed by atoms with Crippen LogP contribution in [0.4, 0.5) is 5.69 Å². The van der Waals surface area contributed by atoms with E-state index < -0.39 is 40.0 Å². The van der Waals surface area contributed by atoms with E-state index in [1.54, 1.807) is 50.2 Å². The van der Waals surface area contributed by atoms with Crippen LogP contribution >= 0.6 is 0 Å². The number of rotatable bonds is 8. The maximum Gasteiger partial charge on any atom is 0.325 e. The van der Waals surface area contributed by atoms with Gasteiger partial charge in [-0.15, -0.1) is 0 Å². The summed E-state index contributed by atoms with van der Waals surface area (Å²) in [6.45, 7) is 5.64. The molecule has 2 atom stereocenters. The van der Waals surface area contributed by atoms with E-state index in [-0.39, 0.29) is 4.90 Å². The van der Waals surface area contributed by atoms with Gasteiger partial charge in [-0.3, -0.25) is 9.59 Å². The highest BCUT2D eigenvalue weighted by Crippen LogP contribution is 2.32. The van der Waals surface area contributed by atoms with Crippen LogP contribution in [0.1, 0.15) is 20.8 Å². The largest absolute Gasteiger partial charge is 0.486 e. The van der Waals surface area contributed by atoms with Crippen molar-refractivity contribution in [3.8, 4) is 11.5 Å². The molecule has 0 radical (unpaired) electrons. The predicted molar refractivity (Wildman–Crippen MR) is 117 cm³/mol. The van der Waals surface area contributed by atoms with E-state index in [0.29, 0.717) is 30.4 Å². The number of sulfonamides is 1. The summed E-state index contributed by atoms with van der Waals surface area (Å²) in [6, 6.07) is 11.5. The molecule has 0 saturated carbocycles. The Balaban J connectivity index is 1.63. The van der Waals surface area contributed by atoms with Crippen molar-refractivity contribution in [2.45, 2.75) is 37.8 Å². The van der Waals surface area contributed by atoms with Gasteiger partial charge >= 0.3 is 5.97 Å². The summed E-state index contributed by atoms with van der Waals surface area (Å²) in [7, 11) is -3.94. The SMILES string of the molecule is CC(C)[C@@H](NS(=O)(=O)c1ccccc1)C(=O)O[C@H](C)C(=O)Nc1ccc2c(c1)OCCO2. The van der Waals surface area contributed by atoms with Gasteiger partial charge in [-0.05, 0) is 37.1 Å². The van der Waals surface area contributed by atoms with Crippen molar-refractivity contribution in [3.05, 3.63) is 48.5 Å². The fraction of sp³-hybridized carbons (Fsp3) is 0.364. The molecule has 1 heterocycles. The van der Waals surface area contributed by atoms with Crippen LogP contribution in [0.3, 0.4) is 0 Å². The fourth-order valence-electron chi connectivity index (χ4n) is 2.96. The first kappa shape index (κ1) is 23.6. The van der Waals surface area contributed by atoms with Crippen LogP contribution in [0.25, 0.3) is 0 Å². The molecule has 0 bridgehead atoms. The van der Waals surface area contributed by atoms with Gasteiger partial charge in [-0.2, -0.15) is 4.72 Å².